The van der Waals surface area contributed by atoms with Crippen LogP contribution in [0.25, 0.3) is 10.8 Å². The van der Waals surface area contributed by atoms with Crippen molar-refractivity contribution in [3.8, 4) is 18.2 Å². The Balaban J connectivity index is 0.000000133. The molecule has 0 amide bonds. The minimum atomic E-state index is 0.305. The number of benzene rings is 3. The summed E-state index contributed by atoms with van der Waals surface area (Å²) in [5.74, 6) is 2.63. The maximum atomic E-state index is 9.44. The fraction of sp³-hybridized carbons (Fsp3) is 0.344. The molecule has 3 fully saturated rings. The first-order valence-electron chi connectivity index (χ1n) is 13.0. The number of rotatable bonds is 1. The molecule has 4 aliphatic rings. The molecule has 4 heteroatoms. The lowest BCUT2D eigenvalue weighted by Crippen LogP contribution is -2.13. The first kappa shape index (κ1) is 22.4. The normalized spacial score (nSPS) is 26.5. The summed E-state index contributed by atoms with van der Waals surface area (Å²) >= 11 is 0. The van der Waals surface area contributed by atoms with Gasteiger partial charge in [0.25, 0.3) is 0 Å². The Morgan fingerprint density at radius 1 is 0.722 bits per heavy atom. The number of anilines is 1. The molecule has 0 heterocycles. The average Bonchev–Trinajstić information content (AvgIpc) is 3.73. The quantitative estimate of drug-likeness (QED) is 0.301. The fourth-order valence-corrected chi connectivity index (χ4v) is 7.74. The Kier molecular flexibility index (Phi) is 5.51. The van der Waals surface area contributed by atoms with Crippen molar-refractivity contribution in [3.05, 3.63) is 88.0 Å². The Morgan fingerprint density at radius 2 is 1.36 bits per heavy atom. The number of nitrogens with two attached hydrogens (primary N) is 1. The summed E-state index contributed by atoms with van der Waals surface area (Å²) in [6.45, 7) is 0. The van der Waals surface area contributed by atoms with Crippen molar-refractivity contribution < 1.29 is 0 Å². The summed E-state index contributed by atoms with van der Waals surface area (Å²) in [5, 5.41) is 30.1. The third-order valence-corrected chi connectivity index (χ3v) is 9.09. The van der Waals surface area contributed by atoms with Crippen LogP contribution in [0.3, 0.4) is 0 Å². The van der Waals surface area contributed by atoms with E-state index in [4.69, 9.17) is 16.3 Å². The van der Waals surface area contributed by atoms with Crippen LogP contribution < -0.4 is 5.73 Å². The van der Waals surface area contributed by atoms with Gasteiger partial charge in [0, 0.05) is 11.3 Å². The lowest BCUT2D eigenvalue weighted by Gasteiger charge is -2.25. The highest BCUT2D eigenvalue weighted by atomic mass is 14.6. The zero-order valence-electron chi connectivity index (χ0n) is 20.2. The van der Waals surface area contributed by atoms with E-state index >= 15 is 0 Å². The lowest BCUT2D eigenvalue weighted by molar-refractivity contribution is 0.495. The van der Waals surface area contributed by atoms with E-state index < -0.39 is 0 Å². The monoisotopic (exact) mass is 468 g/mol. The van der Waals surface area contributed by atoms with Crippen LogP contribution >= 0.6 is 0 Å². The van der Waals surface area contributed by atoms with E-state index in [1.807, 2.05) is 30.3 Å². The molecule has 3 saturated carbocycles. The number of nitriles is 3. The number of nitrogen functional groups attached to an aromatic ring is 1. The van der Waals surface area contributed by atoms with Gasteiger partial charge in [-0.2, -0.15) is 15.8 Å². The lowest BCUT2D eigenvalue weighted by atomic mass is 9.78. The molecular formula is C32H28N4. The largest absolute Gasteiger partial charge is 0.397 e. The number of allylic oxidation sites excluding steroid dienone is 2. The van der Waals surface area contributed by atoms with E-state index in [0.717, 1.165) is 29.4 Å². The van der Waals surface area contributed by atoms with Gasteiger partial charge < -0.3 is 5.73 Å². The highest BCUT2D eigenvalue weighted by Crippen LogP contribution is 2.58. The highest BCUT2D eigenvalue weighted by Gasteiger charge is 2.46. The number of nitrogens with zero attached hydrogens (tertiary/aromatic N) is 3. The van der Waals surface area contributed by atoms with Crippen molar-refractivity contribution in [1.29, 1.82) is 15.8 Å². The Bertz CT molecular complexity index is 1500. The van der Waals surface area contributed by atoms with Gasteiger partial charge in [-0.1, -0.05) is 54.6 Å². The molecule has 0 aliphatic heterocycles. The van der Waals surface area contributed by atoms with Gasteiger partial charge in [0.2, 0.25) is 0 Å². The zero-order chi connectivity index (χ0) is 24.8. The van der Waals surface area contributed by atoms with Crippen LogP contribution in [0.2, 0.25) is 0 Å². The van der Waals surface area contributed by atoms with E-state index in [1.54, 1.807) is 0 Å². The third kappa shape index (κ3) is 3.31. The molecule has 0 radical (unpaired) electrons. The SMILES string of the molecule is N#CC(C#N)=C1C(c2ccccc2)[C@@H]2CC[C@H]1C2.N#Cc1c2c(c3ccccc3c1N)[C@@H]1CC[C@H]2C1. The van der Waals surface area contributed by atoms with Crippen molar-refractivity contribution in [3.63, 3.8) is 0 Å². The standard InChI is InChI=1S/2C16H14N2/c17-8-13-15-10-6-5-9(7-10)14(15)11-3-1-2-4-12(11)16(13)18;17-9-14(10-18)16-13-7-6-12(8-13)15(16)11-4-2-1-3-5-11/h1-4,9-10H,5-7,18H2;1-5,12-13,15H,6-8H2/t9-,10+;12-,13+,15?/m11/s1. The van der Waals surface area contributed by atoms with Crippen molar-refractivity contribution in [2.24, 2.45) is 11.8 Å². The van der Waals surface area contributed by atoms with Crippen molar-refractivity contribution >= 4 is 16.5 Å². The van der Waals surface area contributed by atoms with Crippen LogP contribution in [0.1, 0.15) is 78.5 Å². The van der Waals surface area contributed by atoms with Gasteiger partial charge in [-0.3, -0.25) is 0 Å². The molecule has 176 valence electrons. The van der Waals surface area contributed by atoms with Crippen LogP contribution in [0, 0.1) is 45.8 Å². The molecule has 4 bridgehead atoms. The van der Waals surface area contributed by atoms with Crippen LogP contribution in [0.4, 0.5) is 5.69 Å². The van der Waals surface area contributed by atoms with Gasteiger partial charge in [-0.05, 0) is 89.8 Å². The smallest absolute Gasteiger partial charge is 0.129 e. The molecule has 3 aromatic rings. The maximum Gasteiger partial charge on any atom is 0.129 e. The molecule has 0 saturated heterocycles. The Hall–Kier alpha value is -4.07. The highest BCUT2D eigenvalue weighted by molar-refractivity contribution is 6.00. The second kappa shape index (κ2) is 8.86. The van der Waals surface area contributed by atoms with Crippen LogP contribution in [-0.2, 0) is 0 Å². The molecular weight excluding hydrogens is 440 g/mol. The van der Waals surface area contributed by atoms with Gasteiger partial charge >= 0.3 is 0 Å². The molecule has 7 rings (SSSR count). The van der Waals surface area contributed by atoms with Crippen molar-refractivity contribution in [2.45, 2.75) is 56.3 Å². The minimum absolute atomic E-state index is 0.305. The van der Waals surface area contributed by atoms with Crippen LogP contribution in [0.15, 0.2) is 65.7 Å². The van der Waals surface area contributed by atoms with E-state index in [0.29, 0.717) is 40.9 Å². The van der Waals surface area contributed by atoms with Gasteiger partial charge in [-0.25, -0.2) is 0 Å². The Labute approximate surface area is 212 Å². The predicted octanol–water partition coefficient (Wildman–Crippen LogP) is 7.20. The first-order valence-corrected chi connectivity index (χ1v) is 13.0. The Morgan fingerprint density at radius 3 is 2.06 bits per heavy atom. The summed E-state index contributed by atoms with van der Waals surface area (Å²) < 4.78 is 0. The van der Waals surface area contributed by atoms with E-state index in [9.17, 15) is 5.26 Å². The molecule has 5 atom stereocenters. The van der Waals surface area contributed by atoms with E-state index in [-0.39, 0.29) is 0 Å². The molecule has 0 spiro atoms. The second-order valence-corrected chi connectivity index (χ2v) is 10.7. The molecule has 0 aromatic heterocycles. The fourth-order valence-electron chi connectivity index (χ4n) is 7.74. The number of hydrogen-bond donors (Lipinski definition) is 1. The average molecular weight is 469 g/mol. The summed E-state index contributed by atoms with van der Waals surface area (Å²) in [6, 6.07) is 25.1. The number of fused-ring (bicyclic) bond motifs is 9. The summed E-state index contributed by atoms with van der Waals surface area (Å²) in [7, 11) is 0. The van der Waals surface area contributed by atoms with Gasteiger partial charge in [0.05, 0.1) is 11.3 Å². The molecule has 36 heavy (non-hydrogen) atoms. The van der Waals surface area contributed by atoms with Gasteiger partial charge in [-0.15, -0.1) is 0 Å². The second-order valence-electron chi connectivity index (χ2n) is 10.7. The third-order valence-electron chi connectivity index (χ3n) is 9.09. The summed E-state index contributed by atoms with van der Waals surface area (Å²) in [5.41, 5.74) is 13.1. The van der Waals surface area contributed by atoms with Crippen LogP contribution in [0.5, 0.6) is 0 Å². The zero-order valence-corrected chi connectivity index (χ0v) is 20.2. The molecule has 2 N–H and O–H groups in total. The topological polar surface area (TPSA) is 97.4 Å². The van der Waals surface area contributed by atoms with Gasteiger partial charge in [0.15, 0.2) is 0 Å². The predicted molar refractivity (Wildman–Crippen MR) is 141 cm³/mol. The molecule has 1 unspecified atom stereocenters. The summed E-state index contributed by atoms with van der Waals surface area (Å²) in [4.78, 5) is 0. The van der Waals surface area contributed by atoms with Crippen LogP contribution in [-0.4, -0.2) is 0 Å². The molecule has 4 aliphatic carbocycles. The number of hydrogen-bond acceptors (Lipinski definition) is 4. The minimum Gasteiger partial charge on any atom is -0.397 e. The maximum absolute atomic E-state index is 9.44. The van der Waals surface area contributed by atoms with E-state index in [2.05, 4.69) is 42.5 Å². The van der Waals surface area contributed by atoms with E-state index in [1.165, 1.54) is 47.8 Å². The molecule has 4 nitrogen and oxygen atoms in total. The van der Waals surface area contributed by atoms with Crippen molar-refractivity contribution in [2.75, 3.05) is 5.73 Å². The van der Waals surface area contributed by atoms with Gasteiger partial charge in [0.1, 0.15) is 23.8 Å². The first-order chi connectivity index (χ1) is 17.7. The molecule has 3 aromatic carbocycles. The summed E-state index contributed by atoms with van der Waals surface area (Å²) in [6.07, 6.45) is 7.26. The van der Waals surface area contributed by atoms with Crippen molar-refractivity contribution in [1.82, 2.24) is 0 Å².